The first-order valence-corrected chi connectivity index (χ1v) is 10.9. The van der Waals surface area contributed by atoms with E-state index in [4.69, 9.17) is 9.47 Å². The number of hydrogen-bond acceptors (Lipinski definition) is 5. The van der Waals surface area contributed by atoms with E-state index < -0.39 is 22.0 Å². The van der Waals surface area contributed by atoms with Gasteiger partial charge in [0, 0.05) is 10.9 Å². The summed E-state index contributed by atoms with van der Waals surface area (Å²) in [6.07, 6.45) is 0. The van der Waals surface area contributed by atoms with Gasteiger partial charge >= 0.3 is 0 Å². The van der Waals surface area contributed by atoms with Crippen LogP contribution >= 0.6 is 0 Å². The Morgan fingerprint density at radius 1 is 1.07 bits per heavy atom. The molecule has 1 amide bonds. The molecule has 0 saturated heterocycles. The first-order valence-electron chi connectivity index (χ1n) is 9.42. The van der Waals surface area contributed by atoms with Gasteiger partial charge < -0.3 is 14.8 Å². The Balaban J connectivity index is 1.59. The van der Waals surface area contributed by atoms with Gasteiger partial charge in [0.05, 0.1) is 30.8 Å². The van der Waals surface area contributed by atoms with Crippen LogP contribution in [0.15, 0.2) is 59.5 Å². The van der Waals surface area contributed by atoms with Crippen LogP contribution in [0.4, 0.5) is 5.69 Å². The highest BCUT2D eigenvalue weighted by atomic mass is 32.2. The summed E-state index contributed by atoms with van der Waals surface area (Å²) in [5.74, 6) is 0.825. The van der Waals surface area contributed by atoms with E-state index >= 15 is 0 Å². The van der Waals surface area contributed by atoms with Gasteiger partial charge in [-0.15, -0.1) is 0 Å². The molecule has 0 radical (unpaired) electrons. The van der Waals surface area contributed by atoms with Gasteiger partial charge in [-0.2, -0.15) is 0 Å². The van der Waals surface area contributed by atoms with Crippen molar-refractivity contribution in [2.24, 2.45) is 0 Å². The summed E-state index contributed by atoms with van der Waals surface area (Å²) in [6.45, 7) is 1.50. The van der Waals surface area contributed by atoms with Crippen molar-refractivity contribution >= 4 is 32.4 Å². The number of nitrogens with zero attached hydrogens (tertiary/aromatic N) is 1. The summed E-state index contributed by atoms with van der Waals surface area (Å²) >= 11 is 0. The number of hydrogen-bond donors (Lipinski definition) is 1. The molecule has 8 heteroatoms. The quantitative estimate of drug-likeness (QED) is 0.654. The highest BCUT2D eigenvalue weighted by Crippen LogP contribution is 2.41. The maximum atomic E-state index is 13.0. The monoisotopic (exact) mass is 426 g/mol. The van der Waals surface area contributed by atoms with Crippen LogP contribution in [0.3, 0.4) is 0 Å². The lowest BCUT2D eigenvalue weighted by Gasteiger charge is -2.22. The van der Waals surface area contributed by atoms with E-state index in [-0.39, 0.29) is 11.4 Å². The van der Waals surface area contributed by atoms with Crippen LogP contribution in [0.2, 0.25) is 0 Å². The lowest BCUT2D eigenvalue weighted by atomic mass is 10.1. The van der Waals surface area contributed by atoms with Crippen LogP contribution in [0.1, 0.15) is 18.5 Å². The largest absolute Gasteiger partial charge is 0.497 e. The fraction of sp³-hybridized carbons (Fsp3) is 0.227. The number of benzene rings is 3. The third kappa shape index (κ3) is 3.23. The van der Waals surface area contributed by atoms with Crippen molar-refractivity contribution < 1.29 is 22.7 Å². The normalized spacial score (nSPS) is 15.1. The van der Waals surface area contributed by atoms with Gasteiger partial charge in [0.15, 0.2) is 0 Å². The number of carbonyl (C=O) groups excluding carboxylic acids is 1. The molecular weight excluding hydrogens is 404 g/mol. The van der Waals surface area contributed by atoms with Gasteiger partial charge in [-0.25, -0.2) is 8.42 Å². The van der Waals surface area contributed by atoms with Crippen LogP contribution in [0.25, 0.3) is 10.8 Å². The lowest BCUT2D eigenvalue weighted by Crippen LogP contribution is -2.39. The van der Waals surface area contributed by atoms with E-state index in [0.29, 0.717) is 22.6 Å². The minimum Gasteiger partial charge on any atom is -0.497 e. The number of amides is 1. The van der Waals surface area contributed by atoms with Crippen molar-refractivity contribution in [2.75, 3.05) is 25.1 Å². The molecule has 30 heavy (non-hydrogen) atoms. The van der Waals surface area contributed by atoms with Gasteiger partial charge in [-0.3, -0.25) is 9.10 Å². The zero-order valence-corrected chi connectivity index (χ0v) is 17.7. The zero-order valence-electron chi connectivity index (χ0n) is 16.9. The Labute approximate surface area is 175 Å². The smallest absolute Gasteiger partial charge is 0.265 e. The summed E-state index contributed by atoms with van der Waals surface area (Å²) < 4.78 is 37.9. The predicted molar refractivity (Wildman–Crippen MR) is 115 cm³/mol. The minimum atomic E-state index is -3.79. The van der Waals surface area contributed by atoms with Crippen molar-refractivity contribution in [3.05, 3.63) is 60.2 Å². The number of carbonyl (C=O) groups is 1. The van der Waals surface area contributed by atoms with E-state index in [1.807, 2.05) is 19.1 Å². The molecule has 3 aromatic carbocycles. The first kappa shape index (κ1) is 20.0. The maximum Gasteiger partial charge on any atom is 0.265 e. The summed E-state index contributed by atoms with van der Waals surface area (Å²) in [7, 11) is -0.679. The molecule has 0 saturated carbocycles. The summed E-state index contributed by atoms with van der Waals surface area (Å²) in [5.41, 5.74) is 1.25. The molecule has 1 unspecified atom stereocenters. The van der Waals surface area contributed by atoms with Gasteiger partial charge in [-0.1, -0.05) is 24.3 Å². The number of ether oxygens (including phenoxy) is 2. The Hall–Kier alpha value is -3.26. The van der Waals surface area contributed by atoms with E-state index in [1.165, 1.54) is 0 Å². The van der Waals surface area contributed by atoms with Gasteiger partial charge in [0.2, 0.25) is 5.91 Å². The number of methoxy groups -OCH3 is 2. The Kier molecular flexibility index (Phi) is 5.03. The van der Waals surface area contributed by atoms with Crippen LogP contribution in [0, 0.1) is 0 Å². The highest BCUT2D eigenvalue weighted by molar-refractivity contribution is 7.93. The second-order valence-corrected chi connectivity index (χ2v) is 8.87. The molecule has 1 heterocycles. The SMILES string of the molecule is COc1ccc(OC)c(C(C)NC(=O)CN2c3cccc4cccc(c34)S2(=O)=O)c1. The molecule has 0 fully saturated rings. The fourth-order valence-electron chi connectivity index (χ4n) is 3.80. The Morgan fingerprint density at radius 2 is 1.80 bits per heavy atom. The third-order valence-corrected chi connectivity index (χ3v) is 7.05. The zero-order chi connectivity index (χ0) is 21.5. The standard InChI is InChI=1S/C22H22N2O5S/c1-14(17-12-16(28-2)10-11-19(17)29-3)23-21(25)13-24-18-8-4-6-15-7-5-9-20(22(15)18)30(24,26)27/h4-12,14H,13H2,1-3H3,(H,23,25). The van der Waals surface area contributed by atoms with Gasteiger partial charge in [-0.05, 0) is 42.6 Å². The average molecular weight is 426 g/mol. The number of rotatable bonds is 6. The first-order chi connectivity index (χ1) is 14.4. The topological polar surface area (TPSA) is 84.9 Å². The average Bonchev–Trinajstić information content (AvgIpc) is 2.96. The van der Waals surface area contributed by atoms with E-state index in [2.05, 4.69) is 5.32 Å². The van der Waals surface area contributed by atoms with Crippen LogP contribution < -0.4 is 19.1 Å². The molecule has 1 aliphatic heterocycles. The molecule has 0 spiro atoms. The molecule has 3 aromatic rings. The highest BCUT2D eigenvalue weighted by Gasteiger charge is 2.36. The Morgan fingerprint density at radius 3 is 2.50 bits per heavy atom. The predicted octanol–water partition coefficient (Wildman–Crippen LogP) is 3.24. The van der Waals surface area contributed by atoms with Crippen LogP contribution in [0.5, 0.6) is 11.5 Å². The van der Waals surface area contributed by atoms with Crippen molar-refractivity contribution in [3.8, 4) is 11.5 Å². The number of sulfonamides is 1. The molecule has 0 aromatic heterocycles. The fourth-order valence-corrected chi connectivity index (χ4v) is 5.47. The maximum absolute atomic E-state index is 13.0. The van der Waals surface area contributed by atoms with Crippen molar-refractivity contribution in [1.82, 2.24) is 5.32 Å². The summed E-state index contributed by atoms with van der Waals surface area (Å²) in [4.78, 5) is 13.0. The van der Waals surface area contributed by atoms with E-state index in [0.717, 1.165) is 15.3 Å². The summed E-state index contributed by atoms with van der Waals surface area (Å²) in [5, 5.41) is 4.34. The van der Waals surface area contributed by atoms with E-state index in [1.54, 1.807) is 56.7 Å². The molecule has 1 aliphatic rings. The molecule has 0 aliphatic carbocycles. The Bertz CT molecular complexity index is 1230. The van der Waals surface area contributed by atoms with Crippen molar-refractivity contribution in [3.63, 3.8) is 0 Å². The molecule has 4 rings (SSSR count). The third-order valence-electron chi connectivity index (χ3n) is 5.25. The number of nitrogens with one attached hydrogen (secondary N) is 1. The van der Waals surface area contributed by atoms with E-state index in [9.17, 15) is 13.2 Å². The molecule has 1 N–H and O–H groups in total. The van der Waals surface area contributed by atoms with Crippen molar-refractivity contribution in [1.29, 1.82) is 0 Å². The molecule has 156 valence electrons. The minimum absolute atomic E-state index is 0.228. The van der Waals surface area contributed by atoms with Crippen LogP contribution in [-0.2, 0) is 14.8 Å². The molecule has 0 bridgehead atoms. The summed E-state index contributed by atoms with van der Waals surface area (Å²) in [6, 6.07) is 15.4. The molecular formula is C22H22N2O5S. The number of anilines is 1. The van der Waals surface area contributed by atoms with Crippen LogP contribution in [-0.4, -0.2) is 35.1 Å². The van der Waals surface area contributed by atoms with Crippen molar-refractivity contribution in [2.45, 2.75) is 17.9 Å². The van der Waals surface area contributed by atoms with Gasteiger partial charge in [0.25, 0.3) is 10.0 Å². The molecule has 7 nitrogen and oxygen atoms in total. The van der Waals surface area contributed by atoms with Gasteiger partial charge in [0.1, 0.15) is 18.0 Å². The molecule has 1 atom stereocenters. The lowest BCUT2D eigenvalue weighted by molar-refractivity contribution is -0.120. The second-order valence-electron chi connectivity index (χ2n) is 7.04. The second kappa shape index (κ2) is 7.53.